The fourth-order valence-electron chi connectivity index (χ4n) is 1.77. The Morgan fingerprint density at radius 3 is 2.85 bits per heavy atom. The second-order valence-corrected chi connectivity index (χ2v) is 6.35. The van der Waals surface area contributed by atoms with Crippen molar-refractivity contribution in [2.75, 3.05) is 6.54 Å². The van der Waals surface area contributed by atoms with E-state index in [1.165, 1.54) is 0 Å². The van der Waals surface area contributed by atoms with Gasteiger partial charge in [0.2, 0.25) is 0 Å². The van der Waals surface area contributed by atoms with Gasteiger partial charge in [-0.25, -0.2) is 0 Å². The molecule has 0 aliphatic heterocycles. The van der Waals surface area contributed by atoms with Gasteiger partial charge in [-0.3, -0.25) is 0 Å². The lowest BCUT2D eigenvalue weighted by atomic mass is 10.2. The molecule has 1 N–H and O–H groups in total. The molecule has 5 nitrogen and oxygen atoms in total. The number of hydrogen-bond donors (Lipinski definition) is 1. The van der Waals surface area contributed by atoms with Crippen LogP contribution in [0.1, 0.15) is 25.2 Å². The summed E-state index contributed by atoms with van der Waals surface area (Å²) < 4.78 is 2.61. The smallest absolute Gasteiger partial charge is 0.170 e. The van der Waals surface area contributed by atoms with Gasteiger partial charge in [0.25, 0.3) is 0 Å². The number of nitrogens with one attached hydrogen (secondary N) is 1. The fourth-order valence-corrected chi connectivity index (χ4v) is 2.56. The Hall–Kier alpha value is -0.980. The number of nitrogens with zero attached hydrogens (tertiary/aromatic N) is 4. The SMILES string of the molecule is Cc1cc(Br)c(-n2nnnc2CNCC(C)C)cc1Cl. The highest BCUT2D eigenvalue weighted by Crippen LogP contribution is 2.27. The maximum Gasteiger partial charge on any atom is 0.170 e. The Kier molecular flexibility index (Phi) is 5.12. The number of aryl methyl sites for hydroxylation is 1. The van der Waals surface area contributed by atoms with E-state index in [2.05, 4.69) is 50.6 Å². The summed E-state index contributed by atoms with van der Waals surface area (Å²) in [5.41, 5.74) is 1.85. The maximum atomic E-state index is 6.18. The largest absolute Gasteiger partial charge is 0.310 e. The summed E-state index contributed by atoms with van der Waals surface area (Å²) >= 11 is 9.72. The average molecular weight is 359 g/mol. The number of aromatic nitrogens is 4. The molecule has 1 aromatic heterocycles. The van der Waals surface area contributed by atoms with E-state index in [0.717, 1.165) is 28.1 Å². The molecular formula is C13H17BrClN5. The van der Waals surface area contributed by atoms with Crippen molar-refractivity contribution in [3.05, 3.63) is 33.0 Å². The zero-order valence-corrected chi connectivity index (χ0v) is 14.0. The van der Waals surface area contributed by atoms with Crippen LogP contribution >= 0.6 is 27.5 Å². The zero-order chi connectivity index (χ0) is 14.7. The van der Waals surface area contributed by atoms with Crippen molar-refractivity contribution in [2.24, 2.45) is 5.92 Å². The lowest BCUT2D eigenvalue weighted by Gasteiger charge is -2.10. The van der Waals surface area contributed by atoms with Gasteiger partial charge in [0.05, 0.1) is 12.2 Å². The van der Waals surface area contributed by atoms with Gasteiger partial charge in [-0.1, -0.05) is 25.4 Å². The molecule has 0 unspecified atom stereocenters. The maximum absolute atomic E-state index is 6.18. The van der Waals surface area contributed by atoms with Crippen molar-refractivity contribution in [3.8, 4) is 5.69 Å². The fraction of sp³-hybridized carbons (Fsp3) is 0.462. The van der Waals surface area contributed by atoms with Crippen LogP contribution < -0.4 is 5.32 Å². The third-order valence-electron chi connectivity index (χ3n) is 2.83. The molecule has 2 rings (SSSR count). The summed E-state index contributed by atoms with van der Waals surface area (Å²) in [7, 11) is 0. The van der Waals surface area contributed by atoms with Gasteiger partial charge in [0.15, 0.2) is 5.82 Å². The molecule has 0 fully saturated rings. The highest BCUT2D eigenvalue weighted by atomic mass is 79.9. The van der Waals surface area contributed by atoms with Crippen LogP contribution in [0.2, 0.25) is 5.02 Å². The number of hydrogen-bond acceptors (Lipinski definition) is 4. The third kappa shape index (κ3) is 3.56. The Balaban J connectivity index is 2.25. The quantitative estimate of drug-likeness (QED) is 0.892. The highest BCUT2D eigenvalue weighted by molar-refractivity contribution is 9.10. The van der Waals surface area contributed by atoms with Gasteiger partial charge in [0.1, 0.15) is 0 Å². The molecule has 1 heterocycles. The van der Waals surface area contributed by atoms with E-state index < -0.39 is 0 Å². The lowest BCUT2D eigenvalue weighted by Crippen LogP contribution is -2.21. The van der Waals surface area contributed by atoms with Gasteiger partial charge >= 0.3 is 0 Å². The third-order valence-corrected chi connectivity index (χ3v) is 3.87. The lowest BCUT2D eigenvalue weighted by molar-refractivity contribution is 0.537. The number of rotatable bonds is 5. The summed E-state index contributed by atoms with van der Waals surface area (Å²) in [5.74, 6) is 1.34. The van der Waals surface area contributed by atoms with Gasteiger partial charge in [-0.2, -0.15) is 4.68 Å². The van der Waals surface area contributed by atoms with Crippen molar-refractivity contribution >= 4 is 27.5 Å². The standard InChI is InChI=1S/C13H17BrClN5/c1-8(2)6-16-7-13-17-18-19-20(13)12-5-11(15)9(3)4-10(12)14/h4-5,8,16H,6-7H2,1-3H3. The van der Waals surface area contributed by atoms with E-state index >= 15 is 0 Å². The molecular weight excluding hydrogens is 342 g/mol. The molecule has 0 saturated carbocycles. The van der Waals surface area contributed by atoms with Crippen LogP contribution in [0.5, 0.6) is 0 Å². The summed E-state index contributed by atoms with van der Waals surface area (Å²) in [6.45, 7) is 7.81. The number of benzene rings is 1. The van der Waals surface area contributed by atoms with E-state index in [4.69, 9.17) is 11.6 Å². The van der Waals surface area contributed by atoms with Crippen molar-refractivity contribution < 1.29 is 0 Å². The predicted octanol–water partition coefficient (Wildman–Crippen LogP) is 3.13. The monoisotopic (exact) mass is 357 g/mol. The molecule has 0 aliphatic rings. The summed E-state index contributed by atoms with van der Waals surface area (Å²) in [6.07, 6.45) is 0. The van der Waals surface area contributed by atoms with Crippen molar-refractivity contribution in [1.29, 1.82) is 0 Å². The summed E-state index contributed by atoms with van der Waals surface area (Å²) in [5, 5.41) is 15.9. The molecule has 0 atom stereocenters. The molecule has 0 aliphatic carbocycles. The van der Waals surface area contributed by atoms with Crippen molar-refractivity contribution in [2.45, 2.75) is 27.3 Å². The van der Waals surface area contributed by atoms with Crippen molar-refractivity contribution in [3.63, 3.8) is 0 Å². The minimum Gasteiger partial charge on any atom is -0.310 e. The van der Waals surface area contributed by atoms with Crippen molar-refractivity contribution in [1.82, 2.24) is 25.5 Å². The summed E-state index contributed by atoms with van der Waals surface area (Å²) in [6, 6.07) is 3.83. The van der Waals surface area contributed by atoms with Crippen LogP contribution in [0.3, 0.4) is 0 Å². The minimum atomic E-state index is 0.583. The van der Waals surface area contributed by atoms with E-state index in [9.17, 15) is 0 Å². The molecule has 0 amide bonds. The van der Waals surface area contributed by atoms with Gasteiger partial charge in [-0.05, 0) is 63.4 Å². The number of halogens is 2. The Morgan fingerprint density at radius 2 is 2.15 bits per heavy atom. The minimum absolute atomic E-state index is 0.583. The normalized spacial score (nSPS) is 11.3. The first-order valence-corrected chi connectivity index (χ1v) is 7.60. The molecule has 0 spiro atoms. The first-order chi connectivity index (χ1) is 9.49. The van der Waals surface area contributed by atoms with E-state index in [1.807, 2.05) is 19.1 Å². The molecule has 20 heavy (non-hydrogen) atoms. The summed E-state index contributed by atoms with van der Waals surface area (Å²) in [4.78, 5) is 0. The highest BCUT2D eigenvalue weighted by Gasteiger charge is 2.13. The van der Waals surface area contributed by atoms with Crippen LogP contribution in [0.4, 0.5) is 0 Å². The molecule has 108 valence electrons. The second-order valence-electron chi connectivity index (χ2n) is 5.08. The topological polar surface area (TPSA) is 55.6 Å². The predicted molar refractivity (Wildman–Crippen MR) is 83.1 cm³/mol. The van der Waals surface area contributed by atoms with Crippen LogP contribution in [0.25, 0.3) is 5.69 Å². The molecule has 1 aromatic carbocycles. The first kappa shape index (κ1) is 15.4. The van der Waals surface area contributed by atoms with Gasteiger partial charge < -0.3 is 5.32 Å². The Morgan fingerprint density at radius 1 is 1.40 bits per heavy atom. The average Bonchev–Trinajstić information content (AvgIpc) is 2.81. The van der Waals surface area contributed by atoms with Gasteiger partial charge in [0, 0.05) is 9.50 Å². The van der Waals surface area contributed by atoms with Crippen LogP contribution in [-0.2, 0) is 6.54 Å². The molecule has 0 saturated heterocycles. The zero-order valence-electron chi connectivity index (χ0n) is 11.7. The van der Waals surface area contributed by atoms with Gasteiger partial charge in [-0.15, -0.1) is 5.10 Å². The number of tetrazole rings is 1. The second kappa shape index (κ2) is 6.65. The Labute approximate surface area is 131 Å². The van der Waals surface area contributed by atoms with E-state index in [-0.39, 0.29) is 0 Å². The van der Waals surface area contributed by atoms with E-state index in [0.29, 0.717) is 17.5 Å². The first-order valence-electron chi connectivity index (χ1n) is 6.43. The Bertz CT molecular complexity index is 596. The van der Waals surface area contributed by atoms with E-state index in [1.54, 1.807) is 4.68 Å². The van der Waals surface area contributed by atoms with Crippen LogP contribution in [0, 0.1) is 12.8 Å². The van der Waals surface area contributed by atoms with Crippen LogP contribution in [0.15, 0.2) is 16.6 Å². The van der Waals surface area contributed by atoms with Crippen LogP contribution in [-0.4, -0.2) is 26.8 Å². The molecule has 7 heteroatoms. The molecule has 2 aromatic rings. The molecule has 0 bridgehead atoms. The molecule has 0 radical (unpaired) electrons.